The van der Waals surface area contributed by atoms with E-state index in [9.17, 15) is 4.79 Å². The van der Waals surface area contributed by atoms with Gasteiger partial charge in [-0.05, 0) is 37.9 Å². The summed E-state index contributed by atoms with van der Waals surface area (Å²) in [5, 5.41) is 3.00. The van der Waals surface area contributed by atoms with Gasteiger partial charge in [0, 0.05) is 24.7 Å². The van der Waals surface area contributed by atoms with Crippen LogP contribution in [0.5, 0.6) is 0 Å². The zero-order chi connectivity index (χ0) is 13.9. The molecule has 1 amide bonds. The summed E-state index contributed by atoms with van der Waals surface area (Å²) in [7, 11) is 0. The first-order valence-electron chi connectivity index (χ1n) is 7.43. The van der Waals surface area contributed by atoms with Crippen LogP contribution in [0.1, 0.15) is 28.8 Å². The molecule has 2 saturated heterocycles. The third-order valence-corrected chi connectivity index (χ3v) is 4.34. The smallest absolute Gasteiger partial charge is 0.251 e. The second kappa shape index (κ2) is 5.94. The number of carbonyl (C=O) groups is 1. The van der Waals surface area contributed by atoms with Crippen molar-refractivity contribution in [1.29, 1.82) is 0 Å². The van der Waals surface area contributed by atoms with Crippen molar-refractivity contribution < 1.29 is 9.53 Å². The molecule has 3 rings (SSSR count). The van der Waals surface area contributed by atoms with Gasteiger partial charge in [-0.3, -0.25) is 9.69 Å². The number of nitrogens with zero attached hydrogens (tertiary/aromatic N) is 1. The van der Waals surface area contributed by atoms with Gasteiger partial charge < -0.3 is 10.1 Å². The van der Waals surface area contributed by atoms with E-state index in [1.54, 1.807) is 0 Å². The number of hydrogen-bond acceptors (Lipinski definition) is 3. The quantitative estimate of drug-likeness (QED) is 0.910. The second-order valence-corrected chi connectivity index (χ2v) is 5.77. The van der Waals surface area contributed by atoms with Crippen molar-refractivity contribution in [2.45, 2.75) is 31.9 Å². The van der Waals surface area contributed by atoms with Crippen LogP contribution >= 0.6 is 0 Å². The Hall–Kier alpha value is -1.39. The van der Waals surface area contributed by atoms with Gasteiger partial charge in [0.2, 0.25) is 0 Å². The van der Waals surface area contributed by atoms with Crippen LogP contribution in [0.25, 0.3) is 0 Å². The van der Waals surface area contributed by atoms with Crippen LogP contribution < -0.4 is 5.32 Å². The lowest BCUT2D eigenvalue weighted by molar-refractivity contribution is -0.0461. The fraction of sp³-hybridized carbons (Fsp3) is 0.562. The summed E-state index contributed by atoms with van der Waals surface area (Å²) in [5.74, 6) is -0.00440. The lowest BCUT2D eigenvalue weighted by Crippen LogP contribution is -2.50. The summed E-state index contributed by atoms with van der Waals surface area (Å²) in [6.07, 6.45) is 2.65. The Morgan fingerprint density at radius 1 is 1.45 bits per heavy atom. The van der Waals surface area contributed by atoms with Crippen molar-refractivity contribution in [3.05, 3.63) is 35.4 Å². The molecule has 108 valence electrons. The van der Waals surface area contributed by atoms with Crippen molar-refractivity contribution in [2.24, 2.45) is 0 Å². The maximum atomic E-state index is 12.2. The minimum Gasteiger partial charge on any atom is -0.373 e. The van der Waals surface area contributed by atoms with Gasteiger partial charge in [-0.2, -0.15) is 0 Å². The van der Waals surface area contributed by atoms with Crippen LogP contribution in [0.3, 0.4) is 0 Å². The van der Waals surface area contributed by atoms with E-state index < -0.39 is 0 Å². The van der Waals surface area contributed by atoms with Crippen LogP contribution in [0.15, 0.2) is 24.3 Å². The average molecular weight is 274 g/mol. The van der Waals surface area contributed by atoms with Crippen molar-refractivity contribution in [2.75, 3.05) is 26.2 Å². The summed E-state index contributed by atoms with van der Waals surface area (Å²) in [6.45, 7) is 5.48. The first kappa shape index (κ1) is 13.6. The molecule has 0 saturated carbocycles. The highest BCUT2D eigenvalue weighted by atomic mass is 16.5. The number of benzene rings is 1. The van der Waals surface area contributed by atoms with Crippen LogP contribution in [0, 0.1) is 6.92 Å². The molecule has 0 spiro atoms. The topological polar surface area (TPSA) is 41.6 Å². The predicted octanol–water partition coefficient (Wildman–Crippen LogP) is 1.59. The summed E-state index contributed by atoms with van der Waals surface area (Å²) in [6, 6.07) is 8.28. The molecule has 20 heavy (non-hydrogen) atoms. The standard InChI is InChI=1S/C16H22N2O2/c1-12-5-2-3-7-15(12)16(19)17-9-14-10-18-8-4-6-13(18)11-20-14/h2-3,5,7,13-14H,4,6,8-11H2,1H3,(H,17,19)/t13-,14-/m1/s1. The molecule has 2 atom stereocenters. The Morgan fingerprint density at radius 3 is 3.15 bits per heavy atom. The van der Waals surface area contributed by atoms with E-state index >= 15 is 0 Å². The maximum absolute atomic E-state index is 12.2. The minimum atomic E-state index is -0.00440. The second-order valence-electron chi connectivity index (χ2n) is 5.77. The van der Waals surface area contributed by atoms with Crippen LogP contribution in [0.4, 0.5) is 0 Å². The summed E-state index contributed by atoms with van der Waals surface area (Å²) in [5.41, 5.74) is 1.76. The molecule has 2 fully saturated rings. The lowest BCUT2D eigenvalue weighted by Gasteiger charge is -2.35. The summed E-state index contributed by atoms with van der Waals surface area (Å²) >= 11 is 0. The zero-order valence-corrected chi connectivity index (χ0v) is 12.0. The molecule has 1 aromatic rings. The fourth-order valence-corrected chi connectivity index (χ4v) is 3.14. The number of rotatable bonds is 3. The molecule has 1 N–H and O–H groups in total. The van der Waals surface area contributed by atoms with Gasteiger partial charge in [-0.15, -0.1) is 0 Å². The number of ether oxygens (including phenoxy) is 1. The number of aryl methyl sites for hydroxylation is 1. The fourth-order valence-electron chi connectivity index (χ4n) is 3.14. The van der Waals surface area contributed by atoms with Gasteiger partial charge in [0.05, 0.1) is 12.7 Å². The molecule has 2 aliphatic heterocycles. The van der Waals surface area contributed by atoms with Gasteiger partial charge in [0.25, 0.3) is 5.91 Å². The average Bonchev–Trinajstić information content (AvgIpc) is 2.92. The first-order chi connectivity index (χ1) is 9.74. The normalized spacial score (nSPS) is 26.2. The molecular weight excluding hydrogens is 252 g/mol. The van der Waals surface area contributed by atoms with Crippen LogP contribution in [0.2, 0.25) is 0 Å². The highest BCUT2D eigenvalue weighted by Gasteiger charge is 2.32. The Bertz CT molecular complexity index is 489. The molecule has 0 aromatic heterocycles. The van der Waals surface area contributed by atoms with E-state index in [1.165, 1.54) is 19.4 Å². The van der Waals surface area contributed by atoms with E-state index in [1.807, 2.05) is 31.2 Å². The molecule has 1 aromatic carbocycles. The van der Waals surface area contributed by atoms with Gasteiger partial charge >= 0.3 is 0 Å². The van der Waals surface area contributed by atoms with Gasteiger partial charge in [-0.1, -0.05) is 18.2 Å². The summed E-state index contributed by atoms with van der Waals surface area (Å²) < 4.78 is 5.85. The van der Waals surface area contributed by atoms with Crippen LogP contribution in [-0.2, 0) is 4.74 Å². The molecule has 0 aliphatic carbocycles. The lowest BCUT2D eigenvalue weighted by atomic mass is 10.1. The van der Waals surface area contributed by atoms with Gasteiger partial charge in [0.1, 0.15) is 0 Å². The molecule has 0 radical (unpaired) electrons. The monoisotopic (exact) mass is 274 g/mol. The molecule has 0 bridgehead atoms. The van der Waals surface area contributed by atoms with E-state index in [0.29, 0.717) is 12.6 Å². The maximum Gasteiger partial charge on any atom is 0.251 e. The number of amides is 1. The van der Waals surface area contributed by atoms with E-state index in [0.717, 1.165) is 24.3 Å². The minimum absolute atomic E-state index is 0.00440. The summed E-state index contributed by atoms with van der Waals surface area (Å²) in [4.78, 5) is 14.6. The Labute approximate surface area is 120 Å². The molecule has 2 aliphatic rings. The van der Waals surface area contributed by atoms with Gasteiger partial charge in [0.15, 0.2) is 0 Å². The largest absolute Gasteiger partial charge is 0.373 e. The molecule has 2 heterocycles. The third kappa shape index (κ3) is 2.86. The molecular formula is C16H22N2O2. The predicted molar refractivity (Wildman–Crippen MR) is 77.8 cm³/mol. The van der Waals surface area contributed by atoms with Gasteiger partial charge in [-0.25, -0.2) is 0 Å². The van der Waals surface area contributed by atoms with Crippen LogP contribution in [-0.4, -0.2) is 49.2 Å². The molecule has 4 nitrogen and oxygen atoms in total. The Balaban J connectivity index is 1.52. The number of hydrogen-bond donors (Lipinski definition) is 1. The highest BCUT2D eigenvalue weighted by Crippen LogP contribution is 2.22. The first-order valence-corrected chi connectivity index (χ1v) is 7.43. The molecule has 4 heteroatoms. The highest BCUT2D eigenvalue weighted by molar-refractivity contribution is 5.95. The van der Waals surface area contributed by atoms with Crippen molar-refractivity contribution in [3.63, 3.8) is 0 Å². The van der Waals surface area contributed by atoms with Crippen molar-refractivity contribution in [1.82, 2.24) is 10.2 Å². The van der Waals surface area contributed by atoms with E-state index in [2.05, 4.69) is 10.2 Å². The van der Waals surface area contributed by atoms with Crippen molar-refractivity contribution in [3.8, 4) is 0 Å². The number of nitrogens with one attached hydrogen (secondary N) is 1. The van der Waals surface area contributed by atoms with E-state index in [-0.39, 0.29) is 12.0 Å². The zero-order valence-electron chi connectivity index (χ0n) is 12.0. The SMILES string of the molecule is Cc1ccccc1C(=O)NC[C@@H]1CN2CCC[C@@H]2CO1. The molecule has 0 unspecified atom stereocenters. The Morgan fingerprint density at radius 2 is 2.30 bits per heavy atom. The Kier molecular flexibility index (Phi) is 4.03. The third-order valence-electron chi connectivity index (χ3n) is 4.34. The number of carbonyl (C=O) groups excluding carboxylic acids is 1. The number of fused-ring (bicyclic) bond motifs is 1. The number of morpholine rings is 1. The van der Waals surface area contributed by atoms with E-state index in [4.69, 9.17) is 4.74 Å². The van der Waals surface area contributed by atoms with Crippen molar-refractivity contribution >= 4 is 5.91 Å².